The number of carbonyl (C=O) groups excluding carboxylic acids is 2. The Morgan fingerprint density at radius 3 is 2.00 bits per heavy atom. The van der Waals surface area contributed by atoms with Crippen molar-refractivity contribution in [1.82, 2.24) is 4.90 Å². The molecule has 0 fully saturated rings. The van der Waals surface area contributed by atoms with Crippen LogP contribution in [-0.4, -0.2) is 23.3 Å². The molecular formula is C11H15NO2. The molecule has 0 aliphatic carbocycles. The zero-order chi connectivity index (χ0) is 10.9. The number of carbonyl (C=O) groups is 2. The summed E-state index contributed by atoms with van der Waals surface area (Å²) in [6, 6.07) is 0. The standard InChI is InChI=1S/C11H15NO2/c1-7(2)5-6-12-10(13)8(3)9(4)11(12)14/h1,5-6H2,2-4H3. The summed E-state index contributed by atoms with van der Waals surface area (Å²) >= 11 is 0. The van der Waals surface area contributed by atoms with Crippen molar-refractivity contribution >= 4 is 11.8 Å². The highest BCUT2D eigenvalue weighted by Gasteiger charge is 2.32. The lowest BCUT2D eigenvalue weighted by Crippen LogP contribution is -2.32. The molecule has 1 aliphatic rings. The van der Waals surface area contributed by atoms with Gasteiger partial charge >= 0.3 is 0 Å². The second kappa shape index (κ2) is 3.78. The second-order valence-electron chi connectivity index (χ2n) is 3.72. The van der Waals surface area contributed by atoms with Crippen LogP contribution < -0.4 is 0 Å². The highest BCUT2D eigenvalue weighted by molar-refractivity contribution is 6.18. The molecular weight excluding hydrogens is 178 g/mol. The minimum atomic E-state index is -0.159. The normalized spacial score (nSPS) is 16.9. The van der Waals surface area contributed by atoms with Gasteiger partial charge in [-0.05, 0) is 27.2 Å². The van der Waals surface area contributed by atoms with E-state index in [0.29, 0.717) is 24.1 Å². The predicted octanol–water partition coefficient (Wildman–Crippen LogP) is 1.66. The molecule has 1 aliphatic heterocycles. The van der Waals surface area contributed by atoms with Crippen LogP contribution in [-0.2, 0) is 9.59 Å². The molecule has 1 rings (SSSR count). The van der Waals surface area contributed by atoms with E-state index in [2.05, 4.69) is 6.58 Å². The van der Waals surface area contributed by atoms with Crippen LogP contribution in [0.4, 0.5) is 0 Å². The smallest absolute Gasteiger partial charge is 0.256 e. The third-order valence-electron chi connectivity index (χ3n) is 2.46. The zero-order valence-corrected chi connectivity index (χ0v) is 8.89. The molecule has 0 radical (unpaired) electrons. The van der Waals surface area contributed by atoms with Crippen molar-refractivity contribution in [1.29, 1.82) is 0 Å². The molecule has 0 saturated carbocycles. The molecule has 0 bridgehead atoms. The second-order valence-corrected chi connectivity index (χ2v) is 3.72. The number of nitrogens with zero attached hydrogens (tertiary/aromatic N) is 1. The van der Waals surface area contributed by atoms with E-state index >= 15 is 0 Å². The third-order valence-corrected chi connectivity index (χ3v) is 2.46. The zero-order valence-electron chi connectivity index (χ0n) is 8.89. The summed E-state index contributed by atoms with van der Waals surface area (Å²) in [6.07, 6.45) is 0.679. The highest BCUT2D eigenvalue weighted by Crippen LogP contribution is 2.20. The largest absolute Gasteiger partial charge is 0.275 e. The summed E-state index contributed by atoms with van der Waals surface area (Å²) in [5.41, 5.74) is 2.11. The number of hydrogen-bond donors (Lipinski definition) is 0. The van der Waals surface area contributed by atoms with Crippen molar-refractivity contribution in [2.45, 2.75) is 27.2 Å². The molecule has 14 heavy (non-hydrogen) atoms. The van der Waals surface area contributed by atoms with Crippen LogP contribution >= 0.6 is 0 Å². The molecule has 0 spiro atoms. The van der Waals surface area contributed by atoms with Gasteiger partial charge in [-0.1, -0.05) is 5.57 Å². The lowest BCUT2D eigenvalue weighted by molar-refractivity contribution is -0.137. The van der Waals surface area contributed by atoms with Crippen molar-refractivity contribution < 1.29 is 9.59 Å². The summed E-state index contributed by atoms with van der Waals surface area (Å²) in [6.45, 7) is 9.46. The number of hydrogen-bond acceptors (Lipinski definition) is 2. The maximum atomic E-state index is 11.6. The van der Waals surface area contributed by atoms with Gasteiger partial charge in [0.15, 0.2) is 0 Å². The monoisotopic (exact) mass is 193 g/mol. The lowest BCUT2D eigenvalue weighted by atomic mass is 10.2. The van der Waals surface area contributed by atoms with Crippen LogP contribution in [0.1, 0.15) is 27.2 Å². The van der Waals surface area contributed by atoms with Gasteiger partial charge < -0.3 is 0 Å². The topological polar surface area (TPSA) is 37.4 Å². The van der Waals surface area contributed by atoms with Crippen LogP contribution in [0.3, 0.4) is 0 Å². The summed E-state index contributed by atoms with van der Waals surface area (Å²) in [4.78, 5) is 24.4. The first-order chi connectivity index (χ1) is 6.45. The number of imide groups is 1. The Hall–Kier alpha value is -1.38. The van der Waals surface area contributed by atoms with Crippen LogP contribution in [0.2, 0.25) is 0 Å². The van der Waals surface area contributed by atoms with Gasteiger partial charge in [0.2, 0.25) is 0 Å². The average Bonchev–Trinajstić information content (AvgIpc) is 2.29. The Morgan fingerprint density at radius 1 is 1.21 bits per heavy atom. The highest BCUT2D eigenvalue weighted by atomic mass is 16.2. The average molecular weight is 193 g/mol. The van der Waals surface area contributed by atoms with Crippen LogP contribution in [0.5, 0.6) is 0 Å². The molecule has 0 aromatic carbocycles. The van der Waals surface area contributed by atoms with Gasteiger partial charge in [-0.15, -0.1) is 6.58 Å². The predicted molar refractivity (Wildman–Crippen MR) is 54.5 cm³/mol. The van der Waals surface area contributed by atoms with E-state index in [1.165, 1.54) is 4.90 Å². The minimum absolute atomic E-state index is 0.159. The molecule has 0 aromatic rings. The van der Waals surface area contributed by atoms with Crippen LogP contribution in [0.15, 0.2) is 23.3 Å². The molecule has 1 heterocycles. The van der Waals surface area contributed by atoms with E-state index in [-0.39, 0.29) is 11.8 Å². The molecule has 0 aromatic heterocycles. The maximum Gasteiger partial charge on any atom is 0.256 e. The van der Waals surface area contributed by atoms with Crippen molar-refractivity contribution in [3.05, 3.63) is 23.3 Å². The molecule has 2 amide bonds. The molecule has 3 nitrogen and oxygen atoms in total. The van der Waals surface area contributed by atoms with Gasteiger partial charge in [0, 0.05) is 17.7 Å². The van der Waals surface area contributed by atoms with Gasteiger partial charge in [-0.2, -0.15) is 0 Å². The quantitative estimate of drug-likeness (QED) is 0.505. The van der Waals surface area contributed by atoms with Gasteiger partial charge in [-0.3, -0.25) is 14.5 Å². The summed E-state index contributed by atoms with van der Waals surface area (Å²) < 4.78 is 0. The van der Waals surface area contributed by atoms with E-state index in [9.17, 15) is 9.59 Å². The first-order valence-corrected chi connectivity index (χ1v) is 4.63. The number of rotatable bonds is 3. The van der Waals surface area contributed by atoms with E-state index in [1.807, 2.05) is 6.92 Å². The fourth-order valence-corrected chi connectivity index (χ4v) is 1.32. The Bertz CT molecular complexity index is 315. The van der Waals surface area contributed by atoms with E-state index in [1.54, 1.807) is 13.8 Å². The van der Waals surface area contributed by atoms with E-state index in [4.69, 9.17) is 0 Å². The maximum absolute atomic E-state index is 11.6. The van der Waals surface area contributed by atoms with Crippen molar-refractivity contribution in [2.75, 3.05) is 6.54 Å². The van der Waals surface area contributed by atoms with Crippen LogP contribution in [0, 0.1) is 0 Å². The molecule has 0 atom stereocenters. The lowest BCUT2D eigenvalue weighted by Gasteiger charge is -2.14. The molecule has 0 unspecified atom stereocenters. The van der Waals surface area contributed by atoms with Gasteiger partial charge in [0.1, 0.15) is 0 Å². The van der Waals surface area contributed by atoms with E-state index < -0.39 is 0 Å². The fourth-order valence-electron chi connectivity index (χ4n) is 1.32. The Kier molecular flexibility index (Phi) is 2.89. The molecule has 3 heteroatoms. The molecule has 0 saturated heterocycles. The first kappa shape index (κ1) is 10.7. The van der Waals surface area contributed by atoms with Crippen molar-refractivity contribution in [3.63, 3.8) is 0 Å². The Balaban J connectivity index is 2.72. The Labute approximate surface area is 84.1 Å². The van der Waals surface area contributed by atoms with Crippen molar-refractivity contribution in [2.24, 2.45) is 0 Å². The summed E-state index contributed by atoms with van der Waals surface area (Å²) in [5, 5.41) is 0. The summed E-state index contributed by atoms with van der Waals surface area (Å²) in [5.74, 6) is -0.317. The SMILES string of the molecule is C=C(C)CCN1C(=O)C(C)=C(C)C1=O. The first-order valence-electron chi connectivity index (χ1n) is 4.63. The van der Waals surface area contributed by atoms with Crippen molar-refractivity contribution in [3.8, 4) is 0 Å². The molecule has 76 valence electrons. The van der Waals surface area contributed by atoms with Crippen LogP contribution in [0.25, 0.3) is 0 Å². The molecule has 0 N–H and O–H groups in total. The van der Waals surface area contributed by atoms with Gasteiger partial charge in [0.05, 0.1) is 0 Å². The third kappa shape index (κ3) is 1.76. The van der Waals surface area contributed by atoms with Gasteiger partial charge in [0.25, 0.3) is 11.8 Å². The summed E-state index contributed by atoms with van der Waals surface area (Å²) in [7, 11) is 0. The van der Waals surface area contributed by atoms with E-state index in [0.717, 1.165) is 5.57 Å². The number of amides is 2. The van der Waals surface area contributed by atoms with Gasteiger partial charge in [-0.25, -0.2) is 0 Å². The minimum Gasteiger partial charge on any atom is -0.275 e. The fraction of sp³-hybridized carbons (Fsp3) is 0.455. The Morgan fingerprint density at radius 2 is 1.64 bits per heavy atom.